The Labute approximate surface area is 149 Å². The summed E-state index contributed by atoms with van der Waals surface area (Å²) < 4.78 is 10.5. The molecule has 0 fully saturated rings. The van der Waals surface area contributed by atoms with E-state index in [0.29, 0.717) is 11.5 Å². The van der Waals surface area contributed by atoms with Crippen LogP contribution in [0.3, 0.4) is 0 Å². The SMILES string of the molecule is CCC(NC(=O)/C=C/c1ccc(OC)c(OC)c1)c1ccc(C)cc1. The molecule has 2 rings (SSSR count). The van der Waals surface area contributed by atoms with Crippen LogP contribution < -0.4 is 14.8 Å². The van der Waals surface area contributed by atoms with Gasteiger partial charge in [-0.25, -0.2) is 0 Å². The highest BCUT2D eigenvalue weighted by Gasteiger charge is 2.11. The van der Waals surface area contributed by atoms with E-state index < -0.39 is 0 Å². The fourth-order valence-corrected chi connectivity index (χ4v) is 2.57. The van der Waals surface area contributed by atoms with Crippen LogP contribution in [0.15, 0.2) is 48.5 Å². The lowest BCUT2D eigenvalue weighted by Gasteiger charge is -2.16. The first kappa shape index (κ1) is 18.6. The van der Waals surface area contributed by atoms with Gasteiger partial charge in [0.25, 0.3) is 0 Å². The zero-order valence-electron chi connectivity index (χ0n) is 15.2. The molecule has 2 aromatic rings. The number of carbonyl (C=O) groups is 1. The lowest BCUT2D eigenvalue weighted by molar-refractivity contribution is -0.117. The van der Waals surface area contributed by atoms with Crippen molar-refractivity contribution >= 4 is 12.0 Å². The molecule has 1 N–H and O–H groups in total. The molecule has 132 valence electrons. The van der Waals surface area contributed by atoms with E-state index in [4.69, 9.17) is 9.47 Å². The number of ether oxygens (including phenoxy) is 2. The number of methoxy groups -OCH3 is 2. The Hall–Kier alpha value is -2.75. The predicted molar refractivity (Wildman–Crippen MR) is 101 cm³/mol. The number of carbonyl (C=O) groups excluding carboxylic acids is 1. The molecule has 0 aromatic heterocycles. The second-order valence-electron chi connectivity index (χ2n) is 5.83. The van der Waals surface area contributed by atoms with Crippen LogP contribution in [0.1, 0.15) is 36.1 Å². The fourth-order valence-electron chi connectivity index (χ4n) is 2.57. The van der Waals surface area contributed by atoms with E-state index in [1.54, 1.807) is 20.3 Å². The largest absolute Gasteiger partial charge is 0.493 e. The van der Waals surface area contributed by atoms with Gasteiger partial charge in [0.15, 0.2) is 11.5 Å². The normalized spacial score (nSPS) is 12.0. The molecule has 0 saturated heterocycles. The first-order valence-electron chi connectivity index (χ1n) is 8.34. The molecule has 1 amide bonds. The van der Waals surface area contributed by atoms with E-state index in [2.05, 4.69) is 43.4 Å². The van der Waals surface area contributed by atoms with Gasteiger partial charge in [0.2, 0.25) is 5.91 Å². The van der Waals surface area contributed by atoms with Crippen LogP contribution >= 0.6 is 0 Å². The molecule has 0 radical (unpaired) electrons. The number of benzene rings is 2. The van der Waals surface area contributed by atoms with Gasteiger partial charge < -0.3 is 14.8 Å². The summed E-state index contributed by atoms with van der Waals surface area (Å²) in [5, 5.41) is 3.04. The third kappa shape index (κ3) is 5.11. The lowest BCUT2D eigenvalue weighted by Crippen LogP contribution is -2.26. The molecule has 1 atom stereocenters. The van der Waals surface area contributed by atoms with Gasteiger partial charge in [0.1, 0.15) is 0 Å². The lowest BCUT2D eigenvalue weighted by atomic mass is 10.0. The summed E-state index contributed by atoms with van der Waals surface area (Å²) in [6.07, 6.45) is 4.14. The van der Waals surface area contributed by atoms with E-state index in [-0.39, 0.29) is 11.9 Å². The second-order valence-corrected chi connectivity index (χ2v) is 5.83. The number of amides is 1. The first-order chi connectivity index (χ1) is 12.1. The van der Waals surface area contributed by atoms with Crippen LogP contribution in [-0.4, -0.2) is 20.1 Å². The van der Waals surface area contributed by atoms with E-state index in [9.17, 15) is 4.79 Å². The van der Waals surface area contributed by atoms with Crippen molar-refractivity contribution < 1.29 is 14.3 Å². The summed E-state index contributed by atoms with van der Waals surface area (Å²) in [6, 6.07) is 13.8. The number of hydrogen-bond donors (Lipinski definition) is 1. The van der Waals surface area contributed by atoms with Crippen LogP contribution in [0.4, 0.5) is 0 Å². The van der Waals surface area contributed by atoms with Crippen molar-refractivity contribution in [3.63, 3.8) is 0 Å². The van der Waals surface area contributed by atoms with Crippen molar-refractivity contribution in [1.29, 1.82) is 0 Å². The third-order valence-corrected chi connectivity index (χ3v) is 4.04. The fraction of sp³-hybridized carbons (Fsp3) is 0.286. The highest BCUT2D eigenvalue weighted by atomic mass is 16.5. The molecule has 0 spiro atoms. The molecular weight excluding hydrogens is 314 g/mol. The Morgan fingerprint density at radius 1 is 1.08 bits per heavy atom. The molecule has 0 bridgehead atoms. The Bertz CT molecular complexity index is 735. The smallest absolute Gasteiger partial charge is 0.244 e. The zero-order valence-corrected chi connectivity index (χ0v) is 15.2. The topological polar surface area (TPSA) is 47.6 Å². The maximum Gasteiger partial charge on any atom is 0.244 e. The minimum absolute atomic E-state index is 0.00292. The van der Waals surface area contributed by atoms with Crippen LogP contribution in [0, 0.1) is 6.92 Å². The maximum atomic E-state index is 12.2. The first-order valence-corrected chi connectivity index (χ1v) is 8.34. The molecule has 0 heterocycles. The Kier molecular flexibility index (Phi) is 6.63. The summed E-state index contributed by atoms with van der Waals surface area (Å²) in [4.78, 5) is 12.2. The molecule has 25 heavy (non-hydrogen) atoms. The highest BCUT2D eigenvalue weighted by Crippen LogP contribution is 2.28. The van der Waals surface area contributed by atoms with Gasteiger partial charge in [-0.2, -0.15) is 0 Å². The van der Waals surface area contributed by atoms with E-state index in [1.165, 1.54) is 11.6 Å². The van der Waals surface area contributed by atoms with Gasteiger partial charge in [0, 0.05) is 6.08 Å². The Balaban J connectivity index is 2.05. The van der Waals surface area contributed by atoms with Gasteiger partial charge in [-0.3, -0.25) is 4.79 Å². The molecule has 0 aliphatic rings. The standard InChI is InChI=1S/C21H25NO3/c1-5-18(17-10-6-15(2)7-11-17)22-21(23)13-9-16-8-12-19(24-3)20(14-16)25-4/h6-14,18H,5H2,1-4H3,(H,22,23)/b13-9+. The van der Waals surface area contributed by atoms with Gasteiger partial charge in [0.05, 0.1) is 20.3 Å². The van der Waals surface area contributed by atoms with Crippen LogP contribution in [-0.2, 0) is 4.79 Å². The number of rotatable bonds is 7. The Morgan fingerprint density at radius 3 is 2.36 bits per heavy atom. The average Bonchev–Trinajstić information content (AvgIpc) is 2.64. The van der Waals surface area contributed by atoms with Gasteiger partial charge in [-0.15, -0.1) is 0 Å². The van der Waals surface area contributed by atoms with Crippen molar-refractivity contribution in [2.45, 2.75) is 26.3 Å². The minimum atomic E-state index is -0.123. The van der Waals surface area contributed by atoms with Crippen molar-refractivity contribution in [3.05, 3.63) is 65.2 Å². The molecular formula is C21H25NO3. The molecule has 4 heteroatoms. The predicted octanol–water partition coefficient (Wildman–Crippen LogP) is 4.29. The monoisotopic (exact) mass is 339 g/mol. The van der Waals surface area contributed by atoms with E-state index in [1.807, 2.05) is 18.2 Å². The van der Waals surface area contributed by atoms with Crippen molar-refractivity contribution in [2.24, 2.45) is 0 Å². The quantitative estimate of drug-likeness (QED) is 0.765. The summed E-state index contributed by atoms with van der Waals surface area (Å²) in [7, 11) is 3.18. The maximum absolute atomic E-state index is 12.2. The van der Waals surface area contributed by atoms with Crippen LogP contribution in [0.25, 0.3) is 6.08 Å². The van der Waals surface area contributed by atoms with Crippen molar-refractivity contribution in [1.82, 2.24) is 5.32 Å². The molecule has 1 unspecified atom stereocenters. The zero-order chi connectivity index (χ0) is 18.2. The number of aryl methyl sites for hydroxylation is 1. The van der Waals surface area contributed by atoms with Gasteiger partial charge in [-0.05, 0) is 42.7 Å². The molecule has 0 aliphatic carbocycles. The van der Waals surface area contributed by atoms with Crippen LogP contribution in [0.2, 0.25) is 0 Å². The Morgan fingerprint density at radius 2 is 1.76 bits per heavy atom. The molecule has 0 saturated carbocycles. The third-order valence-electron chi connectivity index (χ3n) is 4.04. The molecule has 2 aromatic carbocycles. The van der Waals surface area contributed by atoms with Gasteiger partial charge >= 0.3 is 0 Å². The van der Waals surface area contributed by atoms with Crippen molar-refractivity contribution in [2.75, 3.05) is 14.2 Å². The highest BCUT2D eigenvalue weighted by molar-refractivity contribution is 5.92. The van der Waals surface area contributed by atoms with Gasteiger partial charge in [-0.1, -0.05) is 42.8 Å². The van der Waals surface area contributed by atoms with Crippen molar-refractivity contribution in [3.8, 4) is 11.5 Å². The van der Waals surface area contributed by atoms with E-state index in [0.717, 1.165) is 17.5 Å². The summed E-state index contributed by atoms with van der Waals surface area (Å²) in [6.45, 7) is 4.11. The molecule has 0 aliphatic heterocycles. The molecule has 4 nitrogen and oxygen atoms in total. The van der Waals surface area contributed by atoms with Crippen LogP contribution in [0.5, 0.6) is 11.5 Å². The second kappa shape index (κ2) is 8.92. The minimum Gasteiger partial charge on any atom is -0.493 e. The average molecular weight is 339 g/mol. The summed E-state index contributed by atoms with van der Waals surface area (Å²) in [5.41, 5.74) is 3.19. The number of nitrogens with one attached hydrogen (secondary N) is 1. The summed E-state index contributed by atoms with van der Waals surface area (Å²) in [5.74, 6) is 1.17. The van der Waals surface area contributed by atoms with E-state index >= 15 is 0 Å². The summed E-state index contributed by atoms with van der Waals surface area (Å²) >= 11 is 0. The number of hydrogen-bond acceptors (Lipinski definition) is 3.